The van der Waals surface area contributed by atoms with Gasteiger partial charge in [-0.1, -0.05) is 12.2 Å². The molecule has 69 valence electrons. The Morgan fingerprint density at radius 3 is 2.29 bits per heavy atom. The van der Waals surface area contributed by atoms with Gasteiger partial charge in [0.05, 0.1) is 0 Å². The zero-order valence-corrected chi connectivity index (χ0v) is 8.22. The van der Waals surface area contributed by atoms with E-state index >= 15 is 0 Å². The third-order valence-corrected chi connectivity index (χ3v) is 2.16. The van der Waals surface area contributed by atoms with Gasteiger partial charge in [-0.25, -0.2) is 4.57 Å². The highest BCUT2D eigenvalue weighted by molar-refractivity contribution is 5.55. The smallest absolute Gasteiger partial charge is 0.169 e. The first kappa shape index (κ1) is 9.45. The monoisotopic (exact) mass is 183 g/mol. The van der Waals surface area contributed by atoms with E-state index in [1.54, 1.807) is 0 Å². The first-order valence-electron chi connectivity index (χ1n) is 4.70. The zero-order chi connectivity index (χ0) is 9.80. The summed E-state index contributed by atoms with van der Waals surface area (Å²) < 4.78 is 2.03. The molecule has 0 aliphatic heterocycles. The van der Waals surface area contributed by atoms with Crippen LogP contribution in [-0.4, -0.2) is 0 Å². The van der Waals surface area contributed by atoms with Gasteiger partial charge in [0, 0.05) is 18.1 Å². The summed E-state index contributed by atoms with van der Waals surface area (Å²) in [5, 5.41) is 0. The third kappa shape index (κ3) is 2.44. The minimum Gasteiger partial charge on any atom is -0.208 e. The Morgan fingerprint density at radius 1 is 1.00 bits per heavy atom. The Kier molecular flexibility index (Phi) is 2.97. The lowest BCUT2D eigenvalue weighted by molar-refractivity contribution is -0.671. The fourth-order valence-corrected chi connectivity index (χ4v) is 1.32. The summed E-state index contributed by atoms with van der Waals surface area (Å²) in [6.07, 6.45) is 16.6. The molecule has 1 aliphatic carbocycles. The van der Waals surface area contributed by atoms with Gasteiger partial charge >= 0.3 is 0 Å². The molecule has 0 unspecified atom stereocenters. The Bertz CT molecular complexity index is 305. The Labute approximate surface area is 86.1 Å². The maximum atomic E-state index is 2.12. The highest BCUT2D eigenvalue weighted by Gasteiger charge is 2.12. The first-order valence-corrected chi connectivity index (χ1v) is 4.70. The van der Waals surface area contributed by atoms with Crippen molar-refractivity contribution in [1.29, 1.82) is 0 Å². The van der Waals surface area contributed by atoms with Gasteiger partial charge < -0.3 is 0 Å². The molecule has 1 heterocycles. The number of allylic oxidation sites excluding steroid dienone is 1. The van der Waals surface area contributed by atoms with Crippen molar-refractivity contribution in [2.45, 2.75) is 0 Å². The number of hydrogen-bond donors (Lipinski definition) is 0. The van der Waals surface area contributed by atoms with Crippen molar-refractivity contribution >= 4 is 6.08 Å². The molecule has 0 bridgehead atoms. The molecular formula is C13H13N+. The summed E-state index contributed by atoms with van der Waals surface area (Å²) in [6.45, 7) is 0. The van der Waals surface area contributed by atoms with Gasteiger partial charge in [-0.3, -0.25) is 0 Å². The van der Waals surface area contributed by atoms with Crippen molar-refractivity contribution in [3.05, 3.63) is 67.8 Å². The van der Waals surface area contributed by atoms with Gasteiger partial charge in [-0.2, -0.15) is 0 Å². The molecule has 0 aromatic carbocycles. The van der Waals surface area contributed by atoms with Crippen LogP contribution in [0.4, 0.5) is 0 Å². The lowest BCUT2D eigenvalue weighted by Gasteiger charge is -1.97. The number of nitrogens with zero attached hydrogens (tertiary/aromatic N) is 1. The van der Waals surface area contributed by atoms with Crippen LogP contribution in [0.15, 0.2) is 30.6 Å². The topological polar surface area (TPSA) is 3.88 Å². The second kappa shape index (κ2) is 4.41. The maximum absolute atomic E-state index is 2.12. The standard InChI is InChI=1S/C13H13N/c1-14-10-8-13(9-11-14)7-6-12-4-2-3-5-12/h2-11H,1H3/q+1/b7-6-. The van der Waals surface area contributed by atoms with Gasteiger partial charge in [0.15, 0.2) is 12.4 Å². The van der Waals surface area contributed by atoms with Crippen LogP contribution in [-0.2, 0) is 7.05 Å². The molecule has 2 rings (SSSR count). The minimum atomic E-state index is 1.23. The molecule has 14 heavy (non-hydrogen) atoms. The largest absolute Gasteiger partial charge is 0.208 e. The molecule has 0 saturated heterocycles. The van der Waals surface area contributed by atoms with Crippen LogP contribution in [0.5, 0.6) is 0 Å². The van der Waals surface area contributed by atoms with E-state index in [1.165, 1.54) is 11.5 Å². The molecule has 1 heteroatoms. The van der Waals surface area contributed by atoms with E-state index in [2.05, 4.69) is 37.1 Å². The Hall–Kier alpha value is -1.11. The summed E-state index contributed by atoms with van der Waals surface area (Å²) in [5.74, 6) is 1.25. The van der Waals surface area contributed by atoms with Crippen molar-refractivity contribution in [1.82, 2.24) is 0 Å². The molecule has 1 aromatic rings. The van der Waals surface area contributed by atoms with E-state index in [0.29, 0.717) is 0 Å². The molecule has 0 spiro atoms. The highest BCUT2D eigenvalue weighted by Crippen LogP contribution is 2.24. The predicted octanol–water partition coefficient (Wildman–Crippen LogP) is 1.93. The molecule has 1 saturated carbocycles. The Balaban J connectivity index is 1.99. The van der Waals surface area contributed by atoms with Crippen molar-refractivity contribution < 1.29 is 4.57 Å². The minimum absolute atomic E-state index is 1.23. The zero-order valence-electron chi connectivity index (χ0n) is 8.22. The Morgan fingerprint density at radius 2 is 1.64 bits per heavy atom. The average molecular weight is 183 g/mol. The number of pyridine rings is 1. The fourth-order valence-electron chi connectivity index (χ4n) is 1.32. The van der Waals surface area contributed by atoms with Crippen molar-refractivity contribution in [3.8, 4) is 0 Å². The summed E-state index contributed by atoms with van der Waals surface area (Å²) in [5.41, 5.74) is 1.23. The summed E-state index contributed by atoms with van der Waals surface area (Å²) in [4.78, 5) is 0. The fraction of sp³-hybridized carbons (Fsp3) is 0.0769. The van der Waals surface area contributed by atoms with E-state index < -0.39 is 0 Å². The summed E-state index contributed by atoms with van der Waals surface area (Å²) in [6, 6.07) is 4.19. The van der Waals surface area contributed by atoms with Gasteiger partial charge in [-0.15, -0.1) is 0 Å². The van der Waals surface area contributed by atoms with Gasteiger partial charge in [-0.05, 0) is 31.2 Å². The predicted molar refractivity (Wildman–Crippen MR) is 57.1 cm³/mol. The molecule has 0 amide bonds. The van der Waals surface area contributed by atoms with Crippen LogP contribution >= 0.6 is 0 Å². The second-order valence-electron chi connectivity index (χ2n) is 3.35. The van der Waals surface area contributed by atoms with Crippen LogP contribution in [0, 0.1) is 31.6 Å². The van der Waals surface area contributed by atoms with E-state index in [0.717, 1.165) is 0 Å². The lowest BCUT2D eigenvalue weighted by atomic mass is 10.1. The molecular weight excluding hydrogens is 170 g/mol. The first-order chi connectivity index (χ1) is 6.84. The molecule has 1 aliphatic rings. The van der Waals surface area contributed by atoms with Crippen LogP contribution < -0.4 is 4.57 Å². The van der Waals surface area contributed by atoms with E-state index in [4.69, 9.17) is 0 Å². The summed E-state index contributed by atoms with van der Waals surface area (Å²) >= 11 is 0. The number of hydrogen-bond acceptors (Lipinski definition) is 0. The van der Waals surface area contributed by atoms with Crippen LogP contribution in [0.25, 0.3) is 6.08 Å². The van der Waals surface area contributed by atoms with Gasteiger partial charge in [0.2, 0.25) is 0 Å². The molecule has 1 aromatic heterocycles. The summed E-state index contributed by atoms with van der Waals surface area (Å²) in [7, 11) is 2.02. The SMILES string of the molecule is C[n+]1ccc(/C=C\[C]2[CH][CH][CH][CH]2)cc1. The molecule has 5 radical (unpaired) electrons. The molecule has 0 N–H and O–H groups in total. The quantitative estimate of drug-likeness (QED) is 0.617. The second-order valence-corrected chi connectivity index (χ2v) is 3.35. The number of rotatable bonds is 2. The van der Waals surface area contributed by atoms with Crippen molar-refractivity contribution in [2.24, 2.45) is 7.05 Å². The molecule has 1 nitrogen and oxygen atoms in total. The maximum Gasteiger partial charge on any atom is 0.169 e. The number of aromatic nitrogens is 1. The molecule has 0 atom stereocenters. The van der Waals surface area contributed by atoms with Crippen molar-refractivity contribution in [2.75, 3.05) is 0 Å². The van der Waals surface area contributed by atoms with Crippen LogP contribution in [0.3, 0.4) is 0 Å². The lowest BCUT2D eigenvalue weighted by Crippen LogP contribution is -2.25. The highest BCUT2D eigenvalue weighted by atomic mass is 14.9. The normalized spacial score (nSPS) is 18.1. The van der Waals surface area contributed by atoms with E-state index in [9.17, 15) is 0 Å². The molecule has 1 fully saturated rings. The average Bonchev–Trinajstić information content (AvgIpc) is 2.70. The van der Waals surface area contributed by atoms with Crippen LogP contribution in [0.2, 0.25) is 0 Å². The van der Waals surface area contributed by atoms with Gasteiger partial charge in [0.1, 0.15) is 7.05 Å². The van der Waals surface area contributed by atoms with Crippen LogP contribution in [0.1, 0.15) is 5.56 Å². The van der Waals surface area contributed by atoms with Gasteiger partial charge in [0.25, 0.3) is 0 Å². The third-order valence-electron chi connectivity index (χ3n) is 2.16. The van der Waals surface area contributed by atoms with E-state index in [1.807, 2.05) is 36.9 Å². The number of aryl methyl sites for hydroxylation is 1. The van der Waals surface area contributed by atoms with E-state index in [-0.39, 0.29) is 0 Å². The van der Waals surface area contributed by atoms with Crippen molar-refractivity contribution in [3.63, 3.8) is 0 Å².